The Morgan fingerprint density at radius 1 is 1.12 bits per heavy atom. The van der Waals surface area contributed by atoms with Crippen molar-refractivity contribution in [3.63, 3.8) is 0 Å². The predicted molar refractivity (Wildman–Crippen MR) is 87.4 cm³/mol. The van der Waals surface area contributed by atoms with Gasteiger partial charge in [0.2, 0.25) is 5.82 Å². The topological polar surface area (TPSA) is 68.4 Å². The van der Waals surface area contributed by atoms with Crippen LogP contribution in [0.4, 0.5) is 4.39 Å². The van der Waals surface area contributed by atoms with Crippen molar-refractivity contribution in [1.82, 2.24) is 10.1 Å². The maximum atomic E-state index is 12.9. The molecule has 0 unspecified atom stereocenters. The number of rotatable bonds is 4. The number of ether oxygens (including phenoxy) is 1. The highest BCUT2D eigenvalue weighted by molar-refractivity contribution is 5.32. The third kappa shape index (κ3) is 3.25. The first-order chi connectivity index (χ1) is 12.1. The van der Waals surface area contributed by atoms with Crippen LogP contribution in [0.3, 0.4) is 0 Å². The molecule has 1 aromatic heterocycles. The summed E-state index contributed by atoms with van der Waals surface area (Å²) in [5, 5.41) is 14.8. The number of fused-ring (bicyclic) bond motifs is 1. The molecular formula is C19H17FN2O3. The molecule has 1 atom stereocenters. The van der Waals surface area contributed by atoms with Crippen molar-refractivity contribution in [2.24, 2.45) is 0 Å². The van der Waals surface area contributed by atoms with E-state index in [1.54, 1.807) is 0 Å². The molecule has 6 heteroatoms. The van der Waals surface area contributed by atoms with Gasteiger partial charge in [-0.3, -0.25) is 0 Å². The normalized spacial score (nSPS) is 19.4. The largest absolute Gasteiger partial charge is 0.485 e. The lowest BCUT2D eigenvalue weighted by Crippen LogP contribution is -2.33. The van der Waals surface area contributed by atoms with Gasteiger partial charge in [-0.05, 0) is 48.2 Å². The van der Waals surface area contributed by atoms with Crippen LogP contribution >= 0.6 is 0 Å². The van der Waals surface area contributed by atoms with Crippen LogP contribution < -0.4 is 4.74 Å². The molecule has 0 amide bonds. The molecule has 0 bridgehead atoms. The van der Waals surface area contributed by atoms with Gasteiger partial charge in [-0.25, -0.2) is 4.39 Å². The van der Waals surface area contributed by atoms with Crippen LogP contribution in [0.1, 0.15) is 29.3 Å². The molecule has 0 spiro atoms. The second kappa shape index (κ2) is 6.29. The molecule has 0 aliphatic heterocycles. The minimum atomic E-state index is -1.16. The SMILES string of the molecule is O[C@@]1(c2nc(COc3ccc(F)cc3)no2)CCc2ccccc2C1. The minimum absolute atomic E-state index is 0.0851. The van der Waals surface area contributed by atoms with Crippen LogP contribution in [0.25, 0.3) is 0 Å². The molecular weight excluding hydrogens is 323 g/mol. The van der Waals surface area contributed by atoms with Gasteiger partial charge in [0.15, 0.2) is 6.61 Å². The summed E-state index contributed by atoms with van der Waals surface area (Å²) in [6.45, 7) is 0.0851. The molecule has 0 saturated carbocycles. The van der Waals surface area contributed by atoms with Crippen molar-refractivity contribution < 1.29 is 18.8 Å². The molecule has 1 N–H and O–H groups in total. The number of aryl methyl sites for hydroxylation is 1. The van der Waals surface area contributed by atoms with Crippen LogP contribution in [0.15, 0.2) is 53.1 Å². The third-order valence-electron chi connectivity index (χ3n) is 4.46. The number of aromatic nitrogens is 2. The molecule has 1 aliphatic carbocycles. The number of benzene rings is 2. The predicted octanol–water partition coefficient (Wildman–Crippen LogP) is 3.16. The van der Waals surface area contributed by atoms with Crippen LogP contribution in [0.2, 0.25) is 0 Å². The van der Waals surface area contributed by atoms with E-state index in [1.165, 1.54) is 29.8 Å². The molecule has 0 radical (unpaired) electrons. The fraction of sp³-hybridized carbons (Fsp3) is 0.263. The van der Waals surface area contributed by atoms with E-state index in [0.29, 0.717) is 24.4 Å². The summed E-state index contributed by atoms with van der Waals surface area (Å²) in [5.41, 5.74) is 1.18. The van der Waals surface area contributed by atoms with Gasteiger partial charge >= 0.3 is 0 Å². The highest BCUT2D eigenvalue weighted by Crippen LogP contribution is 2.35. The second-order valence-electron chi connectivity index (χ2n) is 6.24. The Labute approximate surface area is 144 Å². The van der Waals surface area contributed by atoms with E-state index < -0.39 is 5.60 Å². The van der Waals surface area contributed by atoms with Crippen molar-refractivity contribution >= 4 is 0 Å². The van der Waals surface area contributed by atoms with Gasteiger partial charge in [0.1, 0.15) is 17.2 Å². The van der Waals surface area contributed by atoms with Crippen molar-refractivity contribution in [1.29, 1.82) is 0 Å². The molecule has 128 valence electrons. The average molecular weight is 340 g/mol. The van der Waals surface area contributed by atoms with E-state index in [0.717, 1.165) is 12.0 Å². The summed E-state index contributed by atoms with van der Waals surface area (Å²) >= 11 is 0. The number of halogens is 1. The fourth-order valence-corrected chi connectivity index (χ4v) is 3.08. The molecule has 4 rings (SSSR count). The van der Waals surface area contributed by atoms with Gasteiger partial charge < -0.3 is 14.4 Å². The first-order valence-corrected chi connectivity index (χ1v) is 8.13. The second-order valence-corrected chi connectivity index (χ2v) is 6.24. The van der Waals surface area contributed by atoms with E-state index in [1.807, 2.05) is 18.2 Å². The van der Waals surface area contributed by atoms with E-state index in [4.69, 9.17) is 9.26 Å². The Kier molecular flexibility index (Phi) is 3.97. The minimum Gasteiger partial charge on any atom is -0.485 e. The monoisotopic (exact) mass is 340 g/mol. The Morgan fingerprint density at radius 3 is 2.68 bits per heavy atom. The van der Waals surface area contributed by atoms with Crippen molar-refractivity contribution in [3.8, 4) is 5.75 Å². The lowest BCUT2D eigenvalue weighted by Gasteiger charge is -2.30. The van der Waals surface area contributed by atoms with E-state index in [9.17, 15) is 9.50 Å². The van der Waals surface area contributed by atoms with Crippen LogP contribution in [-0.4, -0.2) is 15.2 Å². The zero-order valence-electron chi connectivity index (χ0n) is 13.5. The Morgan fingerprint density at radius 2 is 1.88 bits per heavy atom. The van der Waals surface area contributed by atoms with Gasteiger partial charge in [-0.1, -0.05) is 29.4 Å². The standard InChI is InChI=1S/C19H17FN2O3/c20-15-5-7-16(8-6-15)24-12-17-21-18(25-22-17)19(23)10-9-13-3-1-2-4-14(13)11-19/h1-8,23H,9-12H2/t19-/m0/s1. The van der Waals surface area contributed by atoms with Crippen molar-refractivity contribution in [2.75, 3.05) is 0 Å². The molecule has 5 nitrogen and oxygen atoms in total. The summed E-state index contributed by atoms with van der Waals surface area (Å²) in [7, 11) is 0. The smallest absolute Gasteiger partial charge is 0.259 e. The summed E-state index contributed by atoms with van der Waals surface area (Å²) in [6, 6.07) is 13.7. The maximum absolute atomic E-state index is 12.9. The zero-order valence-corrected chi connectivity index (χ0v) is 13.5. The molecule has 2 aromatic carbocycles. The van der Waals surface area contributed by atoms with Gasteiger partial charge in [-0.15, -0.1) is 0 Å². The molecule has 0 fully saturated rings. The number of hydrogen-bond donors (Lipinski definition) is 1. The van der Waals surface area contributed by atoms with E-state index in [-0.39, 0.29) is 18.3 Å². The highest BCUT2D eigenvalue weighted by Gasteiger charge is 2.39. The van der Waals surface area contributed by atoms with Gasteiger partial charge in [0.25, 0.3) is 5.89 Å². The zero-order chi connectivity index (χ0) is 17.3. The molecule has 25 heavy (non-hydrogen) atoms. The summed E-state index contributed by atoms with van der Waals surface area (Å²) in [6.07, 6.45) is 1.74. The lowest BCUT2D eigenvalue weighted by atomic mass is 9.80. The van der Waals surface area contributed by atoms with E-state index >= 15 is 0 Å². The quantitative estimate of drug-likeness (QED) is 0.790. The van der Waals surface area contributed by atoms with E-state index in [2.05, 4.69) is 16.2 Å². The lowest BCUT2D eigenvalue weighted by molar-refractivity contribution is -0.00860. The molecule has 1 heterocycles. The Bertz CT molecular complexity index is 878. The molecule has 1 aliphatic rings. The van der Waals surface area contributed by atoms with Crippen molar-refractivity contribution in [2.45, 2.75) is 31.5 Å². The van der Waals surface area contributed by atoms with Crippen LogP contribution in [0.5, 0.6) is 5.75 Å². The van der Waals surface area contributed by atoms with Crippen LogP contribution in [0, 0.1) is 5.82 Å². The molecule has 0 saturated heterocycles. The van der Waals surface area contributed by atoms with Gasteiger partial charge in [-0.2, -0.15) is 4.98 Å². The van der Waals surface area contributed by atoms with Crippen LogP contribution in [-0.2, 0) is 25.0 Å². The fourth-order valence-electron chi connectivity index (χ4n) is 3.08. The number of nitrogens with zero attached hydrogens (tertiary/aromatic N) is 2. The third-order valence-corrected chi connectivity index (χ3v) is 4.46. The highest BCUT2D eigenvalue weighted by atomic mass is 19.1. The summed E-state index contributed by atoms with van der Waals surface area (Å²) < 4.78 is 23.7. The number of hydrogen-bond acceptors (Lipinski definition) is 5. The summed E-state index contributed by atoms with van der Waals surface area (Å²) in [5.74, 6) is 0.735. The van der Waals surface area contributed by atoms with Crippen molar-refractivity contribution in [3.05, 3.63) is 77.2 Å². The average Bonchev–Trinajstić information content (AvgIpc) is 3.11. The Hall–Kier alpha value is -2.73. The first-order valence-electron chi connectivity index (χ1n) is 8.13. The summed E-state index contributed by atoms with van der Waals surface area (Å²) in [4.78, 5) is 4.28. The van der Waals surface area contributed by atoms with Gasteiger partial charge in [0.05, 0.1) is 0 Å². The number of aliphatic hydroxyl groups is 1. The Balaban J connectivity index is 1.46. The van der Waals surface area contributed by atoms with Gasteiger partial charge in [0, 0.05) is 6.42 Å². The molecule has 3 aromatic rings. The maximum Gasteiger partial charge on any atom is 0.259 e. The first kappa shape index (κ1) is 15.8.